The van der Waals surface area contributed by atoms with Gasteiger partial charge in [-0.05, 0) is 55.8 Å². The summed E-state index contributed by atoms with van der Waals surface area (Å²) in [5, 5.41) is 2.06. The van der Waals surface area contributed by atoms with E-state index in [9.17, 15) is 0 Å². The lowest BCUT2D eigenvalue weighted by molar-refractivity contribution is -0.660. The molecule has 3 aromatic heterocycles. The van der Waals surface area contributed by atoms with Crippen molar-refractivity contribution in [3.05, 3.63) is 58.9 Å². The molecule has 144 valence electrons. The second-order valence-electron chi connectivity index (χ2n) is 8.78. The van der Waals surface area contributed by atoms with Crippen LogP contribution in [0.25, 0.3) is 33.3 Å². The van der Waals surface area contributed by atoms with Gasteiger partial charge in [0.2, 0.25) is 11.4 Å². The van der Waals surface area contributed by atoms with E-state index in [2.05, 4.69) is 36.2 Å². The summed E-state index contributed by atoms with van der Waals surface area (Å²) in [6, 6.07) is 10.4. The Morgan fingerprint density at radius 2 is 1.75 bits per heavy atom. The zero-order valence-corrected chi connectivity index (χ0v) is 17.8. The third kappa shape index (κ3) is 3.19. The second-order valence-corrected chi connectivity index (χ2v) is 8.78. The van der Waals surface area contributed by atoms with Crippen molar-refractivity contribution in [2.45, 2.75) is 47.9 Å². The van der Waals surface area contributed by atoms with E-state index >= 15 is 0 Å². The number of fused-ring (bicyclic) bond motifs is 3. The Hall–Kier alpha value is -2.68. The van der Waals surface area contributed by atoms with Crippen LogP contribution in [0, 0.1) is 26.2 Å². The van der Waals surface area contributed by atoms with Crippen molar-refractivity contribution >= 4 is 22.1 Å². The normalized spacial score (nSPS) is 13.8. The first-order valence-corrected chi connectivity index (χ1v) is 9.72. The quantitative estimate of drug-likeness (QED) is 0.403. The highest BCUT2D eigenvalue weighted by Crippen LogP contribution is 2.37. The van der Waals surface area contributed by atoms with E-state index in [1.54, 1.807) is 0 Å². The molecule has 1 aromatic carbocycles. The Bertz CT molecular complexity index is 1300. The van der Waals surface area contributed by atoms with Crippen molar-refractivity contribution < 1.29 is 11.7 Å². The van der Waals surface area contributed by atoms with Crippen LogP contribution in [0.3, 0.4) is 0 Å². The highest BCUT2D eigenvalue weighted by Gasteiger charge is 2.23. The minimum Gasteiger partial charge on any atom is -0.437 e. The first kappa shape index (κ1) is 16.3. The first-order valence-electron chi connectivity index (χ1n) is 10.7. The SMILES string of the molecule is [2H]C([2H])(c1c[n+](C)c(-c2c(C)ccc3c2oc2nc(C)ccc23)cc1C)C(C)(C)C. The molecule has 0 aliphatic carbocycles. The third-order valence-electron chi connectivity index (χ3n) is 5.10. The van der Waals surface area contributed by atoms with Gasteiger partial charge >= 0.3 is 0 Å². The van der Waals surface area contributed by atoms with Crippen LogP contribution in [0.2, 0.25) is 0 Å². The molecule has 0 unspecified atom stereocenters. The van der Waals surface area contributed by atoms with Gasteiger partial charge in [0.15, 0.2) is 11.8 Å². The lowest BCUT2D eigenvalue weighted by atomic mass is 9.86. The Morgan fingerprint density at radius 3 is 2.46 bits per heavy atom. The molecule has 3 heterocycles. The molecule has 0 radical (unpaired) electrons. The monoisotopic (exact) mass is 375 g/mol. The Kier molecular flexibility index (Phi) is 3.75. The fraction of sp³-hybridized carbons (Fsp3) is 0.360. The molecule has 3 nitrogen and oxygen atoms in total. The summed E-state index contributed by atoms with van der Waals surface area (Å²) in [6.07, 6.45) is 0.481. The molecule has 4 rings (SSSR count). The molecule has 3 heteroatoms. The molecule has 0 atom stereocenters. The molecule has 28 heavy (non-hydrogen) atoms. The lowest BCUT2D eigenvalue weighted by Gasteiger charge is -2.19. The number of furan rings is 1. The van der Waals surface area contributed by atoms with E-state index in [-0.39, 0.29) is 0 Å². The standard InChI is InChI=1S/C25H29N2O/c1-15-8-10-19-20-11-9-17(3)26-24(20)28-23(19)22(15)21-12-16(2)18(14-27(21)7)13-25(4,5)6/h8-12,14H,13H2,1-7H3/q+1/i13D2. The van der Waals surface area contributed by atoms with Crippen molar-refractivity contribution in [1.82, 2.24) is 4.98 Å². The Balaban J connectivity index is 2.00. The smallest absolute Gasteiger partial charge is 0.227 e. The van der Waals surface area contributed by atoms with Gasteiger partial charge < -0.3 is 4.42 Å². The fourth-order valence-electron chi connectivity index (χ4n) is 3.76. The molecule has 0 aliphatic heterocycles. The Labute approximate surface area is 169 Å². The molecule has 0 bridgehead atoms. The van der Waals surface area contributed by atoms with Gasteiger partial charge in [-0.3, -0.25) is 0 Å². The highest BCUT2D eigenvalue weighted by molar-refractivity contribution is 6.08. The van der Waals surface area contributed by atoms with Gasteiger partial charge in [-0.15, -0.1) is 0 Å². The van der Waals surface area contributed by atoms with E-state index in [0.29, 0.717) is 11.3 Å². The van der Waals surface area contributed by atoms with Crippen LogP contribution in [0.4, 0.5) is 0 Å². The average molecular weight is 376 g/mol. The molecular formula is C25H29N2O+. The third-order valence-corrected chi connectivity index (χ3v) is 5.10. The number of aryl methyl sites for hydroxylation is 4. The summed E-state index contributed by atoms with van der Waals surface area (Å²) in [5.74, 6) is 0. The van der Waals surface area contributed by atoms with E-state index < -0.39 is 11.8 Å². The van der Waals surface area contributed by atoms with Gasteiger partial charge in [0.05, 0.1) is 5.56 Å². The van der Waals surface area contributed by atoms with E-state index in [1.165, 1.54) is 0 Å². The fourth-order valence-corrected chi connectivity index (χ4v) is 3.76. The number of rotatable bonds is 2. The van der Waals surface area contributed by atoms with Gasteiger partial charge in [-0.2, -0.15) is 0 Å². The number of aromatic nitrogens is 2. The van der Waals surface area contributed by atoms with Crippen molar-refractivity contribution in [1.29, 1.82) is 0 Å². The molecule has 0 N–H and O–H groups in total. The largest absolute Gasteiger partial charge is 0.437 e. The van der Waals surface area contributed by atoms with Crippen molar-refractivity contribution in [2.24, 2.45) is 12.5 Å². The first-order chi connectivity index (χ1) is 13.9. The van der Waals surface area contributed by atoms with Crippen LogP contribution >= 0.6 is 0 Å². The molecule has 0 amide bonds. The summed E-state index contributed by atoms with van der Waals surface area (Å²) in [6.45, 7) is 11.8. The van der Waals surface area contributed by atoms with Gasteiger partial charge in [0.25, 0.3) is 0 Å². The minimum absolute atomic E-state index is 0.509. The van der Waals surface area contributed by atoms with Crippen molar-refractivity contribution in [3.63, 3.8) is 0 Å². The summed E-state index contributed by atoms with van der Waals surface area (Å²) in [5.41, 5.74) is 6.68. The molecule has 4 aromatic rings. The predicted molar refractivity (Wildman–Crippen MR) is 115 cm³/mol. The van der Waals surface area contributed by atoms with E-state index in [0.717, 1.165) is 44.4 Å². The highest BCUT2D eigenvalue weighted by atomic mass is 16.3. The van der Waals surface area contributed by atoms with Crippen LogP contribution in [-0.2, 0) is 13.4 Å². The Morgan fingerprint density at radius 1 is 1.04 bits per heavy atom. The van der Waals surface area contributed by atoms with Crippen molar-refractivity contribution in [3.8, 4) is 11.3 Å². The van der Waals surface area contributed by atoms with E-state index in [1.807, 2.05) is 58.5 Å². The van der Waals surface area contributed by atoms with Crippen LogP contribution in [0.5, 0.6) is 0 Å². The molecular weight excluding hydrogens is 344 g/mol. The number of pyridine rings is 2. The number of hydrogen-bond acceptors (Lipinski definition) is 2. The minimum atomic E-state index is -1.45. The van der Waals surface area contributed by atoms with E-state index in [4.69, 9.17) is 7.16 Å². The molecule has 0 aliphatic rings. The van der Waals surface area contributed by atoms with Gasteiger partial charge in [-0.25, -0.2) is 9.55 Å². The van der Waals surface area contributed by atoms with Crippen LogP contribution in [0.1, 0.15) is 45.9 Å². The van der Waals surface area contributed by atoms with Crippen LogP contribution in [0.15, 0.2) is 40.9 Å². The molecule has 0 fully saturated rings. The van der Waals surface area contributed by atoms with Gasteiger partial charge in [-0.1, -0.05) is 32.9 Å². The maximum atomic E-state index is 8.72. The van der Waals surface area contributed by atoms with Crippen molar-refractivity contribution in [2.75, 3.05) is 0 Å². The topological polar surface area (TPSA) is 29.9 Å². The van der Waals surface area contributed by atoms with Crippen LogP contribution < -0.4 is 4.57 Å². The predicted octanol–water partition coefficient (Wildman–Crippen LogP) is 5.99. The summed E-state index contributed by atoms with van der Waals surface area (Å²) >= 11 is 0. The molecule has 0 spiro atoms. The number of hydrogen-bond donors (Lipinski definition) is 0. The summed E-state index contributed by atoms with van der Waals surface area (Å²) < 4.78 is 25.7. The van der Waals surface area contributed by atoms with Gasteiger partial charge in [0.1, 0.15) is 7.05 Å². The lowest BCUT2D eigenvalue weighted by Crippen LogP contribution is -2.32. The summed E-state index contributed by atoms with van der Waals surface area (Å²) in [7, 11) is 1.97. The second kappa shape index (κ2) is 6.44. The molecule has 0 saturated carbocycles. The zero-order valence-electron chi connectivity index (χ0n) is 19.8. The maximum Gasteiger partial charge on any atom is 0.227 e. The summed E-state index contributed by atoms with van der Waals surface area (Å²) in [4.78, 5) is 4.57. The van der Waals surface area contributed by atoms with Gasteiger partial charge in [0, 0.05) is 30.8 Å². The number of nitrogens with zero attached hydrogens (tertiary/aromatic N) is 2. The van der Waals surface area contributed by atoms with Crippen LogP contribution in [-0.4, -0.2) is 4.98 Å². The number of benzene rings is 1. The average Bonchev–Trinajstić information content (AvgIpc) is 2.99. The maximum absolute atomic E-state index is 8.72. The zero-order chi connectivity index (χ0) is 22.0. The molecule has 0 saturated heterocycles.